The number of benzene rings is 1. The predicted octanol–water partition coefficient (Wildman–Crippen LogP) is 0.376. The molecule has 91 valence electrons. The predicted molar refractivity (Wildman–Crippen MR) is 65.9 cm³/mol. The summed E-state index contributed by atoms with van der Waals surface area (Å²) < 4.78 is 10.3. The van der Waals surface area contributed by atoms with Gasteiger partial charge in [-0.3, -0.25) is 4.79 Å². The minimum Gasteiger partial charge on any atom is -0.497 e. The number of ether oxygens (including phenoxy) is 2. The van der Waals surface area contributed by atoms with Gasteiger partial charge in [0, 0.05) is 12.1 Å². The SMILES string of the molecule is COc1c[c]c2c(c1)NC(S)(OCC(N)=O)N2. The molecule has 0 saturated carbocycles. The molecule has 1 aliphatic rings. The highest BCUT2D eigenvalue weighted by atomic mass is 32.1. The maximum absolute atomic E-state index is 10.7. The minimum atomic E-state index is -1.17. The molecule has 1 amide bonds. The third kappa shape index (κ3) is 2.56. The Kier molecular flexibility index (Phi) is 3.03. The Morgan fingerprint density at radius 3 is 3.06 bits per heavy atom. The number of carbonyl (C=O) groups is 1. The van der Waals surface area contributed by atoms with E-state index in [1.165, 1.54) is 0 Å². The van der Waals surface area contributed by atoms with E-state index in [9.17, 15) is 4.79 Å². The van der Waals surface area contributed by atoms with E-state index in [-0.39, 0.29) is 6.61 Å². The van der Waals surface area contributed by atoms with Crippen LogP contribution in [0.5, 0.6) is 5.75 Å². The second-order valence-corrected chi connectivity index (χ2v) is 4.11. The number of methoxy groups -OCH3 is 1. The molecular weight excluding hydrogens is 242 g/mol. The summed E-state index contributed by atoms with van der Waals surface area (Å²) in [6.07, 6.45) is 0. The first kappa shape index (κ1) is 11.9. The van der Waals surface area contributed by atoms with Gasteiger partial charge in [0.2, 0.25) is 5.91 Å². The van der Waals surface area contributed by atoms with Crippen molar-refractivity contribution >= 4 is 29.9 Å². The fraction of sp³-hybridized carbons (Fsp3) is 0.300. The molecule has 0 aromatic heterocycles. The molecule has 1 unspecified atom stereocenters. The molecule has 1 atom stereocenters. The van der Waals surface area contributed by atoms with Crippen LogP contribution >= 0.6 is 12.6 Å². The monoisotopic (exact) mass is 254 g/mol. The van der Waals surface area contributed by atoms with Gasteiger partial charge in [0.15, 0.2) is 0 Å². The van der Waals surface area contributed by atoms with Gasteiger partial charge >= 0.3 is 0 Å². The Labute approximate surface area is 104 Å². The van der Waals surface area contributed by atoms with Crippen molar-refractivity contribution in [2.45, 2.75) is 5.18 Å². The standard InChI is InChI=1S/C10H12N3O3S/c1-15-6-2-3-7-8(4-6)13-10(17,12-7)16-5-9(11)14/h2,4,12-13,17H,5H2,1H3,(H2,11,14). The molecule has 0 fully saturated rings. The Bertz CT molecular complexity index is 454. The van der Waals surface area contributed by atoms with Gasteiger partial charge in [0.1, 0.15) is 12.4 Å². The van der Waals surface area contributed by atoms with Crippen molar-refractivity contribution in [1.82, 2.24) is 0 Å². The largest absolute Gasteiger partial charge is 0.497 e. The molecule has 1 aromatic carbocycles. The number of anilines is 2. The van der Waals surface area contributed by atoms with Crippen molar-refractivity contribution in [3.05, 3.63) is 18.2 Å². The number of fused-ring (bicyclic) bond motifs is 1. The van der Waals surface area contributed by atoms with E-state index >= 15 is 0 Å². The average Bonchev–Trinajstić information content (AvgIpc) is 2.62. The minimum absolute atomic E-state index is 0.241. The van der Waals surface area contributed by atoms with Gasteiger partial charge in [-0.1, -0.05) is 12.6 Å². The fourth-order valence-corrected chi connectivity index (χ4v) is 1.72. The fourth-order valence-electron chi connectivity index (χ4n) is 1.43. The van der Waals surface area contributed by atoms with Gasteiger partial charge in [-0.15, -0.1) is 0 Å². The number of primary amides is 1. The van der Waals surface area contributed by atoms with Crippen LogP contribution in [0.25, 0.3) is 0 Å². The molecule has 7 heteroatoms. The van der Waals surface area contributed by atoms with Crippen LogP contribution in [0.15, 0.2) is 12.1 Å². The molecule has 4 N–H and O–H groups in total. The van der Waals surface area contributed by atoms with E-state index in [0.29, 0.717) is 11.4 Å². The highest BCUT2D eigenvalue weighted by Crippen LogP contribution is 2.38. The van der Waals surface area contributed by atoms with Gasteiger partial charge in [-0.25, -0.2) is 0 Å². The number of rotatable bonds is 4. The van der Waals surface area contributed by atoms with Crippen LogP contribution in [-0.2, 0) is 9.53 Å². The number of nitrogens with one attached hydrogen (secondary N) is 2. The number of hydrogen-bond acceptors (Lipinski definition) is 6. The van der Waals surface area contributed by atoms with Crippen LogP contribution in [0, 0.1) is 6.07 Å². The molecule has 0 aliphatic carbocycles. The molecule has 0 saturated heterocycles. The average molecular weight is 254 g/mol. The van der Waals surface area contributed by atoms with E-state index in [1.54, 1.807) is 19.2 Å². The molecule has 1 heterocycles. The lowest BCUT2D eigenvalue weighted by Crippen LogP contribution is -2.41. The molecule has 1 aromatic rings. The quantitative estimate of drug-likeness (QED) is 0.461. The van der Waals surface area contributed by atoms with Crippen molar-refractivity contribution in [3.63, 3.8) is 0 Å². The zero-order valence-corrected chi connectivity index (χ0v) is 10.0. The maximum atomic E-state index is 10.7. The Balaban J connectivity index is 2.11. The summed E-state index contributed by atoms with van der Waals surface area (Å²) in [4.78, 5) is 10.7. The molecule has 1 radical (unpaired) electrons. The summed E-state index contributed by atoms with van der Waals surface area (Å²) in [6.45, 7) is -0.241. The second kappa shape index (κ2) is 4.34. The Morgan fingerprint density at radius 1 is 1.65 bits per heavy atom. The second-order valence-electron chi connectivity index (χ2n) is 3.48. The smallest absolute Gasteiger partial charge is 0.266 e. The lowest BCUT2D eigenvalue weighted by molar-refractivity contribution is -0.124. The Hall–Kier alpha value is -1.60. The van der Waals surface area contributed by atoms with Gasteiger partial charge < -0.3 is 25.8 Å². The van der Waals surface area contributed by atoms with Crippen LogP contribution in [-0.4, -0.2) is 24.8 Å². The first-order chi connectivity index (χ1) is 8.02. The molecule has 2 rings (SSSR count). The first-order valence-corrected chi connectivity index (χ1v) is 5.28. The van der Waals surface area contributed by atoms with Gasteiger partial charge in [0.05, 0.1) is 18.5 Å². The van der Waals surface area contributed by atoms with Crippen molar-refractivity contribution in [1.29, 1.82) is 0 Å². The summed E-state index contributed by atoms with van der Waals surface area (Å²) in [5.74, 6) is 0.0880. The van der Waals surface area contributed by atoms with E-state index in [0.717, 1.165) is 5.69 Å². The highest BCUT2D eigenvalue weighted by molar-refractivity contribution is 7.81. The maximum Gasteiger partial charge on any atom is 0.266 e. The number of hydrogen-bond donors (Lipinski definition) is 4. The van der Waals surface area contributed by atoms with E-state index in [1.807, 2.05) is 0 Å². The number of nitrogens with two attached hydrogens (primary N) is 1. The summed E-state index contributed by atoms with van der Waals surface area (Å²) in [7, 11) is 1.56. The van der Waals surface area contributed by atoms with E-state index < -0.39 is 11.1 Å². The van der Waals surface area contributed by atoms with Crippen LogP contribution in [0.3, 0.4) is 0 Å². The van der Waals surface area contributed by atoms with Crippen LogP contribution in [0.1, 0.15) is 0 Å². The van der Waals surface area contributed by atoms with Crippen LogP contribution < -0.4 is 21.1 Å². The van der Waals surface area contributed by atoms with E-state index in [4.69, 9.17) is 15.2 Å². The molecular formula is C10H12N3O3S. The van der Waals surface area contributed by atoms with Crippen molar-refractivity contribution < 1.29 is 14.3 Å². The summed E-state index contributed by atoms with van der Waals surface area (Å²) in [5.41, 5.74) is 6.41. The first-order valence-electron chi connectivity index (χ1n) is 4.83. The number of amides is 1. The highest BCUT2D eigenvalue weighted by Gasteiger charge is 2.34. The number of carbonyl (C=O) groups excluding carboxylic acids is 1. The lowest BCUT2D eigenvalue weighted by Gasteiger charge is -2.23. The molecule has 0 spiro atoms. The lowest BCUT2D eigenvalue weighted by atomic mass is 10.2. The molecule has 6 nitrogen and oxygen atoms in total. The van der Waals surface area contributed by atoms with E-state index in [2.05, 4.69) is 29.3 Å². The summed E-state index contributed by atoms with van der Waals surface area (Å²) >= 11 is 4.25. The van der Waals surface area contributed by atoms with Crippen LogP contribution in [0.2, 0.25) is 0 Å². The summed E-state index contributed by atoms with van der Waals surface area (Å²) in [5, 5.41) is 4.72. The number of thiol groups is 1. The zero-order chi connectivity index (χ0) is 12.5. The van der Waals surface area contributed by atoms with Gasteiger partial charge in [0.25, 0.3) is 5.18 Å². The van der Waals surface area contributed by atoms with Crippen molar-refractivity contribution in [2.24, 2.45) is 5.73 Å². The van der Waals surface area contributed by atoms with Gasteiger partial charge in [-0.2, -0.15) is 0 Å². The van der Waals surface area contributed by atoms with Crippen LogP contribution in [0.4, 0.5) is 11.4 Å². The van der Waals surface area contributed by atoms with Gasteiger partial charge in [-0.05, 0) is 6.07 Å². The third-order valence-electron chi connectivity index (χ3n) is 2.17. The third-order valence-corrected chi connectivity index (χ3v) is 2.52. The normalized spacial score (nSPS) is 21.3. The van der Waals surface area contributed by atoms with Crippen molar-refractivity contribution in [2.75, 3.05) is 24.4 Å². The topological polar surface area (TPSA) is 85.6 Å². The molecule has 0 bridgehead atoms. The molecule has 17 heavy (non-hydrogen) atoms. The zero-order valence-electron chi connectivity index (χ0n) is 9.11. The van der Waals surface area contributed by atoms with Crippen molar-refractivity contribution in [3.8, 4) is 5.75 Å². The molecule has 1 aliphatic heterocycles. The summed E-state index contributed by atoms with van der Waals surface area (Å²) in [6, 6.07) is 6.42. The Morgan fingerprint density at radius 2 is 2.41 bits per heavy atom.